The highest BCUT2D eigenvalue weighted by Gasteiger charge is 2.29. The zero-order valence-corrected chi connectivity index (χ0v) is 12.8. The van der Waals surface area contributed by atoms with E-state index in [1.54, 1.807) is 33.8 Å². The number of benzene rings is 1. The number of hydrogen-bond donors (Lipinski definition) is 2. The van der Waals surface area contributed by atoms with E-state index < -0.39 is 17.4 Å². The predicted octanol–water partition coefficient (Wildman–Crippen LogP) is 2.05. The molecule has 0 saturated heterocycles. The lowest BCUT2D eigenvalue weighted by atomic mass is 10.0. The average molecular weight is 303 g/mol. The number of amides is 1. The normalized spacial score (nSPS) is 11.3. The van der Waals surface area contributed by atoms with Gasteiger partial charge in [-0.05, 0) is 44.5 Å². The van der Waals surface area contributed by atoms with E-state index in [0.717, 1.165) is 0 Å². The highest BCUT2D eigenvalue weighted by atomic mass is 16.5. The number of hydrogen-bond acceptors (Lipinski definition) is 5. The molecular weight excluding hydrogens is 286 g/mol. The lowest BCUT2D eigenvalue weighted by Gasteiger charge is -2.22. The molecule has 0 bridgehead atoms. The van der Waals surface area contributed by atoms with Crippen LogP contribution in [0.3, 0.4) is 0 Å². The summed E-state index contributed by atoms with van der Waals surface area (Å²) in [6.07, 6.45) is 0. The van der Waals surface area contributed by atoms with Gasteiger partial charge in [0.15, 0.2) is 5.82 Å². The van der Waals surface area contributed by atoms with Crippen molar-refractivity contribution in [3.05, 3.63) is 46.6 Å². The maximum Gasteiger partial charge on any atom is 0.335 e. The van der Waals surface area contributed by atoms with Crippen molar-refractivity contribution in [3.8, 4) is 0 Å². The second kappa shape index (κ2) is 5.59. The molecule has 1 amide bonds. The SMILES string of the molecule is Cc1cc(C(=O)O)cc(C(=O)NC(C)(C)c2noc(C)n2)c1. The van der Waals surface area contributed by atoms with E-state index in [-0.39, 0.29) is 11.1 Å². The van der Waals surface area contributed by atoms with Crippen LogP contribution in [-0.2, 0) is 5.54 Å². The Morgan fingerprint density at radius 2 is 1.82 bits per heavy atom. The number of nitrogens with one attached hydrogen (secondary N) is 1. The molecule has 22 heavy (non-hydrogen) atoms. The molecule has 116 valence electrons. The van der Waals surface area contributed by atoms with Crippen molar-refractivity contribution in [1.29, 1.82) is 0 Å². The number of nitrogens with zero attached hydrogens (tertiary/aromatic N) is 2. The number of aryl methyl sites for hydroxylation is 2. The molecule has 0 aliphatic carbocycles. The molecule has 2 aromatic rings. The van der Waals surface area contributed by atoms with Gasteiger partial charge in [0.2, 0.25) is 5.89 Å². The van der Waals surface area contributed by atoms with Crippen molar-refractivity contribution in [2.24, 2.45) is 0 Å². The molecule has 0 aliphatic rings. The summed E-state index contributed by atoms with van der Waals surface area (Å²) >= 11 is 0. The first-order chi connectivity index (χ1) is 10.2. The molecule has 0 spiro atoms. The average Bonchev–Trinajstić information content (AvgIpc) is 2.85. The molecule has 0 radical (unpaired) electrons. The minimum atomic E-state index is -1.08. The Labute approximate surface area is 127 Å². The third kappa shape index (κ3) is 3.30. The van der Waals surface area contributed by atoms with Crippen molar-refractivity contribution in [3.63, 3.8) is 0 Å². The number of carbonyl (C=O) groups is 2. The number of carboxylic acid groups (broad SMARTS) is 1. The number of carbonyl (C=O) groups excluding carboxylic acids is 1. The third-order valence-corrected chi connectivity index (χ3v) is 3.10. The predicted molar refractivity (Wildman–Crippen MR) is 77.7 cm³/mol. The first kappa shape index (κ1) is 15.7. The maximum absolute atomic E-state index is 12.4. The quantitative estimate of drug-likeness (QED) is 0.895. The molecule has 0 aliphatic heterocycles. The summed E-state index contributed by atoms with van der Waals surface area (Å²) in [4.78, 5) is 27.6. The van der Waals surface area contributed by atoms with E-state index in [1.165, 1.54) is 12.1 Å². The summed E-state index contributed by atoms with van der Waals surface area (Å²) in [5, 5.41) is 15.6. The van der Waals surface area contributed by atoms with Crippen LogP contribution >= 0.6 is 0 Å². The van der Waals surface area contributed by atoms with E-state index in [2.05, 4.69) is 15.5 Å². The minimum absolute atomic E-state index is 0.0679. The van der Waals surface area contributed by atoms with Crippen molar-refractivity contribution >= 4 is 11.9 Å². The smallest absolute Gasteiger partial charge is 0.335 e. The highest BCUT2D eigenvalue weighted by Crippen LogP contribution is 2.18. The Morgan fingerprint density at radius 3 is 2.36 bits per heavy atom. The monoisotopic (exact) mass is 303 g/mol. The fourth-order valence-electron chi connectivity index (χ4n) is 2.00. The van der Waals surface area contributed by atoms with Crippen LogP contribution in [0, 0.1) is 13.8 Å². The van der Waals surface area contributed by atoms with Gasteiger partial charge < -0.3 is 14.9 Å². The van der Waals surface area contributed by atoms with Gasteiger partial charge >= 0.3 is 5.97 Å². The molecule has 7 nitrogen and oxygen atoms in total. The van der Waals surface area contributed by atoms with Gasteiger partial charge in [0.05, 0.1) is 11.1 Å². The lowest BCUT2D eigenvalue weighted by molar-refractivity contribution is 0.0696. The van der Waals surface area contributed by atoms with Crippen LogP contribution in [0.2, 0.25) is 0 Å². The molecule has 7 heteroatoms. The summed E-state index contributed by atoms with van der Waals surface area (Å²) in [5.74, 6) is -0.727. The molecule has 2 N–H and O–H groups in total. The molecule has 1 aromatic carbocycles. The summed E-state index contributed by atoms with van der Waals surface area (Å²) < 4.78 is 4.92. The Balaban J connectivity index is 2.27. The number of aromatic carboxylic acids is 1. The van der Waals surface area contributed by atoms with Gasteiger partial charge in [-0.2, -0.15) is 4.98 Å². The molecular formula is C15H17N3O4. The van der Waals surface area contributed by atoms with Crippen LogP contribution in [0.15, 0.2) is 22.7 Å². The second-order valence-corrected chi connectivity index (χ2v) is 5.61. The van der Waals surface area contributed by atoms with Crippen LogP contribution in [0.4, 0.5) is 0 Å². The number of rotatable bonds is 4. The van der Waals surface area contributed by atoms with Crippen molar-refractivity contribution < 1.29 is 19.2 Å². The van der Waals surface area contributed by atoms with Crippen molar-refractivity contribution in [1.82, 2.24) is 15.5 Å². The molecule has 2 rings (SSSR count). The van der Waals surface area contributed by atoms with E-state index in [1.807, 2.05) is 0 Å². The Hall–Kier alpha value is -2.70. The van der Waals surface area contributed by atoms with Crippen LogP contribution in [0.25, 0.3) is 0 Å². The van der Waals surface area contributed by atoms with E-state index in [0.29, 0.717) is 17.3 Å². The first-order valence-corrected chi connectivity index (χ1v) is 6.67. The lowest BCUT2D eigenvalue weighted by Crippen LogP contribution is -2.42. The van der Waals surface area contributed by atoms with Gasteiger partial charge in [-0.1, -0.05) is 5.16 Å². The van der Waals surface area contributed by atoms with Gasteiger partial charge in [0.1, 0.15) is 0 Å². The summed E-state index contributed by atoms with van der Waals surface area (Å²) in [7, 11) is 0. The van der Waals surface area contributed by atoms with Gasteiger partial charge in [-0.25, -0.2) is 4.79 Å². The van der Waals surface area contributed by atoms with E-state index in [9.17, 15) is 9.59 Å². The minimum Gasteiger partial charge on any atom is -0.478 e. The number of aromatic nitrogens is 2. The van der Waals surface area contributed by atoms with Crippen LogP contribution in [0.5, 0.6) is 0 Å². The van der Waals surface area contributed by atoms with Crippen LogP contribution in [0.1, 0.15) is 51.8 Å². The fourth-order valence-corrected chi connectivity index (χ4v) is 2.00. The van der Waals surface area contributed by atoms with E-state index >= 15 is 0 Å². The van der Waals surface area contributed by atoms with Gasteiger partial charge in [-0.3, -0.25) is 4.79 Å². The Bertz CT molecular complexity index is 734. The van der Waals surface area contributed by atoms with Crippen LogP contribution < -0.4 is 5.32 Å². The first-order valence-electron chi connectivity index (χ1n) is 6.67. The summed E-state index contributed by atoms with van der Waals surface area (Å²) in [6.45, 7) is 6.87. The van der Waals surface area contributed by atoms with Crippen molar-refractivity contribution in [2.75, 3.05) is 0 Å². The van der Waals surface area contributed by atoms with Gasteiger partial charge in [0, 0.05) is 12.5 Å². The molecule has 1 aromatic heterocycles. The zero-order chi connectivity index (χ0) is 16.5. The maximum atomic E-state index is 12.4. The molecule has 0 atom stereocenters. The molecule has 0 saturated carbocycles. The molecule has 0 unspecified atom stereocenters. The zero-order valence-electron chi connectivity index (χ0n) is 12.8. The largest absolute Gasteiger partial charge is 0.478 e. The molecule has 1 heterocycles. The van der Waals surface area contributed by atoms with Gasteiger partial charge in [-0.15, -0.1) is 0 Å². The summed E-state index contributed by atoms with van der Waals surface area (Å²) in [5.41, 5.74) is 0.185. The van der Waals surface area contributed by atoms with Crippen LogP contribution in [-0.4, -0.2) is 27.1 Å². The van der Waals surface area contributed by atoms with E-state index in [4.69, 9.17) is 9.63 Å². The second-order valence-electron chi connectivity index (χ2n) is 5.61. The third-order valence-electron chi connectivity index (χ3n) is 3.10. The summed E-state index contributed by atoms with van der Waals surface area (Å²) in [6, 6.07) is 4.47. The topological polar surface area (TPSA) is 105 Å². The highest BCUT2D eigenvalue weighted by molar-refractivity contribution is 5.98. The van der Waals surface area contributed by atoms with Crippen molar-refractivity contribution in [2.45, 2.75) is 33.2 Å². The standard InChI is InChI=1S/C15H17N3O4/c1-8-5-10(7-11(6-8)13(20)21)12(19)17-15(3,4)14-16-9(2)22-18-14/h5-7H,1-4H3,(H,17,19)(H,20,21). The Kier molecular flexibility index (Phi) is 3.99. The molecule has 0 fully saturated rings. The Morgan fingerprint density at radius 1 is 1.18 bits per heavy atom. The fraction of sp³-hybridized carbons (Fsp3) is 0.333. The van der Waals surface area contributed by atoms with Gasteiger partial charge in [0.25, 0.3) is 5.91 Å². The number of carboxylic acids is 1.